The third-order valence-corrected chi connectivity index (χ3v) is 3.69. The van der Waals surface area contributed by atoms with Gasteiger partial charge in [-0.3, -0.25) is 0 Å². The van der Waals surface area contributed by atoms with Crippen molar-refractivity contribution in [2.24, 2.45) is 0 Å². The summed E-state index contributed by atoms with van der Waals surface area (Å²) in [5, 5.41) is 6.21. The Kier molecular flexibility index (Phi) is 3.23. The summed E-state index contributed by atoms with van der Waals surface area (Å²) in [7, 11) is 0. The largest absolute Gasteiger partial charge is 0.370 e. The van der Waals surface area contributed by atoms with E-state index in [2.05, 4.69) is 33.3 Å². The van der Waals surface area contributed by atoms with Gasteiger partial charge < -0.3 is 5.32 Å². The molecule has 2 heterocycles. The van der Waals surface area contributed by atoms with Crippen LogP contribution in [-0.4, -0.2) is 21.5 Å². The third kappa shape index (κ3) is 2.51. The van der Waals surface area contributed by atoms with Gasteiger partial charge in [-0.05, 0) is 19.3 Å². The molecule has 1 fully saturated rings. The third-order valence-electron chi connectivity index (χ3n) is 2.92. The Hall–Kier alpha value is -1.49. The molecule has 1 aliphatic carbocycles. The van der Waals surface area contributed by atoms with Crippen LogP contribution < -0.4 is 5.32 Å². The standard InChI is InChI=1S/C13H16N4S/c1-2-5-14-11-8-10(9-3-4-9)16-12(17-11)13-15-6-7-18-13/h6-9H,2-5H2,1H3,(H,14,16,17). The molecule has 2 aromatic rings. The molecule has 5 heteroatoms. The molecule has 18 heavy (non-hydrogen) atoms. The Bertz CT molecular complexity index is 520. The highest BCUT2D eigenvalue weighted by molar-refractivity contribution is 7.13. The van der Waals surface area contributed by atoms with Crippen LogP contribution in [-0.2, 0) is 0 Å². The molecule has 0 bridgehead atoms. The Morgan fingerprint density at radius 3 is 2.94 bits per heavy atom. The van der Waals surface area contributed by atoms with E-state index in [4.69, 9.17) is 0 Å². The van der Waals surface area contributed by atoms with E-state index in [1.165, 1.54) is 12.8 Å². The van der Waals surface area contributed by atoms with Crippen molar-refractivity contribution in [2.45, 2.75) is 32.1 Å². The van der Waals surface area contributed by atoms with E-state index in [1.807, 2.05) is 5.38 Å². The minimum Gasteiger partial charge on any atom is -0.370 e. The molecule has 94 valence electrons. The predicted octanol–water partition coefficient (Wildman–Crippen LogP) is 3.30. The summed E-state index contributed by atoms with van der Waals surface area (Å²) in [4.78, 5) is 13.5. The van der Waals surface area contributed by atoms with Crippen molar-refractivity contribution in [1.29, 1.82) is 0 Å². The average molecular weight is 260 g/mol. The molecule has 0 amide bonds. The first-order chi connectivity index (χ1) is 8.86. The van der Waals surface area contributed by atoms with Crippen LogP contribution in [0.1, 0.15) is 37.8 Å². The van der Waals surface area contributed by atoms with E-state index in [9.17, 15) is 0 Å². The van der Waals surface area contributed by atoms with Gasteiger partial charge in [0.15, 0.2) is 10.8 Å². The van der Waals surface area contributed by atoms with E-state index in [-0.39, 0.29) is 0 Å². The van der Waals surface area contributed by atoms with Crippen LogP contribution in [0, 0.1) is 0 Å². The number of thiazole rings is 1. The lowest BCUT2D eigenvalue weighted by molar-refractivity contribution is 0.947. The van der Waals surface area contributed by atoms with Crippen LogP contribution in [0.2, 0.25) is 0 Å². The molecular weight excluding hydrogens is 244 g/mol. The summed E-state index contributed by atoms with van der Waals surface area (Å²) < 4.78 is 0. The zero-order valence-corrected chi connectivity index (χ0v) is 11.2. The summed E-state index contributed by atoms with van der Waals surface area (Å²) in [6, 6.07) is 2.09. The number of hydrogen-bond donors (Lipinski definition) is 1. The van der Waals surface area contributed by atoms with E-state index in [0.29, 0.717) is 5.92 Å². The van der Waals surface area contributed by atoms with Gasteiger partial charge in [-0.15, -0.1) is 11.3 Å². The molecule has 0 spiro atoms. The summed E-state index contributed by atoms with van der Waals surface area (Å²) in [6.07, 6.45) is 5.39. The fraction of sp³-hybridized carbons (Fsp3) is 0.462. The van der Waals surface area contributed by atoms with Crippen LogP contribution in [0.5, 0.6) is 0 Å². The Morgan fingerprint density at radius 1 is 1.39 bits per heavy atom. The highest BCUT2D eigenvalue weighted by Crippen LogP contribution is 2.40. The van der Waals surface area contributed by atoms with Gasteiger partial charge in [-0.25, -0.2) is 15.0 Å². The molecule has 3 rings (SSSR count). The first-order valence-corrected chi connectivity index (χ1v) is 7.27. The van der Waals surface area contributed by atoms with Crippen LogP contribution in [0.4, 0.5) is 5.82 Å². The zero-order chi connectivity index (χ0) is 12.4. The molecule has 0 unspecified atom stereocenters. The molecule has 0 atom stereocenters. The van der Waals surface area contributed by atoms with Crippen molar-refractivity contribution in [3.05, 3.63) is 23.3 Å². The van der Waals surface area contributed by atoms with Gasteiger partial charge in [0.2, 0.25) is 0 Å². The van der Waals surface area contributed by atoms with Crippen LogP contribution in [0.3, 0.4) is 0 Å². The summed E-state index contributed by atoms with van der Waals surface area (Å²) in [5.41, 5.74) is 1.16. The number of nitrogens with one attached hydrogen (secondary N) is 1. The van der Waals surface area contributed by atoms with Crippen molar-refractivity contribution in [3.8, 4) is 10.8 Å². The van der Waals surface area contributed by atoms with E-state index < -0.39 is 0 Å². The van der Waals surface area contributed by atoms with Crippen molar-refractivity contribution in [1.82, 2.24) is 15.0 Å². The molecule has 0 aliphatic heterocycles. The molecule has 4 nitrogen and oxygen atoms in total. The van der Waals surface area contributed by atoms with Gasteiger partial charge in [-0.1, -0.05) is 6.92 Å². The SMILES string of the molecule is CCCNc1cc(C2CC2)nc(-c2nccs2)n1. The maximum atomic E-state index is 4.64. The zero-order valence-electron chi connectivity index (χ0n) is 10.4. The summed E-state index contributed by atoms with van der Waals surface area (Å²) >= 11 is 1.59. The lowest BCUT2D eigenvalue weighted by Gasteiger charge is -2.07. The Morgan fingerprint density at radius 2 is 2.28 bits per heavy atom. The lowest BCUT2D eigenvalue weighted by Crippen LogP contribution is -2.05. The van der Waals surface area contributed by atoms with Gasteiger partial charge in [-0.2, -0.15) is 0 Å². The molecule has 1 saturated carbocycles. The van der Waals surface area contributed by atoms with Crippen molar-refractivity contribution in [2.75, 3.05) is 11.9 Å². The molecule has 2 aromatic heterocycles. The monoisotopic (exact) mass is 260 g/mol. The van der Waals surface area contributed by atoms with Gasteiger partial charge in [0.25, 0.3) is 0 Å². The van der Waals surface area contributed by atoms with Crippen LogP contribution in [0.15, 0.2) is 17.6 Å². The second-order valence-corrected chi connectivity index (χ2v) is 5.43. The van der Waals surface area contributed by atoms with Crippen molar-refractivity contribution in [3.63, 3.8) is 0 Å². The first-order valence-electron chi connectivity index (χ1n) is 6.39. The van der Waals surface area contributed by atoms with E-state index in [1.54, 1.807) is 17.5 Å². The molecule has 0 radical (unpaired) electrons. The molecule has 0 saturated heterocycles. The minimum atomic E-state index is 0.633. The minimum absolute atomic E-state index is 0.633. The maximum Gasteiger partial charge on any atom is 0.190 e. The molecular formula is C13H16N4S. The Balaban J connectivity index is 1.94. The van der Waals surface area contributed by atoms with Gasteiger partial charge in [0.1, 0.15) is 5.82 Å². The highest BCUT2D eigenvalue weighted by atomic mass is 32.1. The molecule has 1 N–H and O–H groups in total. The van der Waals surface area contributed by atoms with E-state index >= 15 is 0 Å². The lowest BCUT2D eigenvalue weighted by atomic mass is 10.2. The number of hydrogen-bond acceptors (Lipinski definition) is 5. The first kappa shape index (κ1) is 11.6. The fourth-order valence-corrected chi connectivity index (χ4v) is 2.40. The second-order valence-electron chi connectivity index (χ2n) is 4.54. The number of anilines is 1. The molecule has 1 aliphatic rings. The van der Waals surface area contributed by atoms with Crippen LogP contribution in [0.25, 0.3) is 10.8 Å². The van der Waals surface area contributed by atoms with Gasteiger partial charge in [0.05, 0.1) is 0 Å². The topological polar surface area (TPSA) is 50.7 Å². The van der Waals surface area contributed by atoms with E-state index in [0.717, 1.165) is 35.3 Å². The second kappa shape index (κ2) is 5.02. The maximum absolute atomic E-state index is 4.64. The quantitative estimate of drug-likeness (QED) is 0.896. The van der Waals surface area contributed by atoms with Crippen molar-refractivity contribution < 1.29 is 0 Å². The number of aromatic nitrogens is 3. The Labute approximate surface area is 111 Å². The number of rotatable bonds is 5. The van der Waals surface area contributed by atoms with Gasteiger partial charge >= 0.3 is 0 Å². The normalized spacial score (nSPS) is 14.7. The highest BCUT2D eigenvalue weighted by Gasteiger charge is 2.26. The smallest absolute Gasteiger partial charge is 0.190 e. The van der Waals surface area contributed by atoms with Crippen molar-refractivity contribution >= 4 is 17.2 Å². The fourth-order valence-electron chi connectivity index (χ4n) is 1.83. The summed E-state index contributed by atoms with van der Waals surface area (Å²) in [6.45, 7) is 3.09. The predicted molar refractivity (Wildman–Crippen MR) is 73.9 cm³/mol. The average Bonchev–Trinajstić information content (AvgIpc) is 3.11. The van der Waals surface area contributed by atoms with Gasteiger partial charge in [0, 0.05) is 35.8 Å². The molecule has 0 aromatic carbocycles. The summed E-state index contributed by atoms with van der Waals surface area (Å²) in [5.74, 6) is 2.32. The van der Waals surface area contributed by atoms with Crippen LogP contribution >= 0.6 is 11.3 Å². The number of nitrogens with zero attached hydrogens (tertiary/aromatic N) is 3.